The molecule has 5 rings (SSSR count). The van der Waals surface area contributed by atoms with E-state index >= 15 is 0 Å². The van der Waals surface area contributed by atoms with Crippen LogP contribution >= 0.6 is 11.6 Å². The lowest BCUT2D eigenvalue weighted by molar-refractivity contribution is -0.194. The Labute approximate surface area is 212 Å². The molecule has 0 unspecified atom stereocenters. The van der Waals surface area contributed by atoms with Crippen molar-refractivity contribution in [2.45, 2.75) is 75.5 Å². The van der Waals surface area contributed by atoms with E-state index in [-0.39, 0.29) is 18.7 Å². The van der Waals surface area contributed by atoms with E-state index in [1.54, 1.807) is 13.0 Å². The Morgan fingerprint density at radius 3 is 2.81 bits per heavy atom. The highest BCUT2D eigenvalue weighted by atomic mass is 35.5. The molecule has 4 fully saturated rings. The van der Waals surface area contributed by atoms with Gasteiger partial charge in [0, 0.05) is 31.1 Å². The van der Waals surface area contributed by atoms with Gasteiger partial charge in [0.2, 0.25) is 17.7 Å². The zero-order chi connectivity index (χ0) is 26.0. The minimum Gasteiger partial charge on any atom is -0.373 e. The van der Waals surface area contributed by atoms with Crippen LogP contribution in [-0.4, -0.2) is 64.2 Å². The number of carbonyl (C=O) groups is 3. The fourth-order valence-electron chi connectivity index (χ4n) is 5.60. The molecule has 3 amide bonds. The van der Waals surface area contributed by atoms with Crippen LogP contribution in [-0.2, 0) is 14.4 Å². The molecule has 0 spiro atoms. The van der Waals surface area contributed by atoms with Gasteiger partial charge in [0.15, 0.2) is 0 Å². The number of carbonyl (C=O) groups excluding carboxylic acids is 3. The normalized spacial score (nSPS) is 28.4. The number of aromatic nitrogens is 1. The van der Waals surface area contributed by atoms with Gasteiger partial charge in [-0.25, -0.2) is 8.78 Å². The quantitative estimate of drug-likeness (QED) is 0.505. The first-order valence-electron chi connectivity index (χ1n) is 12.2. The summed E-state index contributed by atoms with van der Waals surface area (Å²) < 4.78 is 29.8. The topological polar surface area (TPSA) is 127 Å². The van der Waals surface area contributed by atoms with Crippen LogP contribution < -0.4 is 16.0 Å². The molecule has 3 aliphatic heterocycles. The van der Waals surface area contributed by atoms with E-state index in [1.807, 2.05) is 6.07 Å². The molecule has 9 nitrogen and oxygen atoms in total. The molecule has 1 aromatic rings. The average Bonchev–Trinajstić information content (AvgIpc) is 2.83. The predicted molar refractivity (Wildman–Crippen MR) is 127 cm³/mol. The molecule has 4 aliphatic rings. The number of fused-ring (bicyclic) bond motifs is 3. The largest absolute Gasteiger partial charge is 0.373 e. The number of nitrogens with zero attached hydrogens (tertiary/aromatic N) is 3. The summed E-state index contributed by atoms with van der Waals surface area (Å²) in [5, 5.41) is 18.3. The second-order valence-corrected chi connectivity index (χ2v) is 10.2. The van der Waals surface area contributed by atoms with Crippen molar-refractivity contribution in [3.63, 3.8) is 0 Å². The van der Waals surface area contributed by atoms with Gasteiger partial charge in [0.05, 0.1) is 28.9 Å². The van der Waals surface area contributed by atoms with Crippen molar-refractivity contribution in [2.24, 2.45) is 11.8 Å². The van der Waals surface area contributed by atoms with Crippen LogP contribution in [0.15, 0.2) is 18.5 Å². The summed E-state index contributed by atoms with van der Waals surface area (Å²) in [6.07, 6.45) is 4.30. The van der Waals surface area contributed by atoms with Crippen LogP contribution in [0.2, 0.25) is 5.02 Å². The van der Waals surface area contributed by atoms with Crippen molar-refractivity contribution in [2.75, 3.05) is 11.9 Å². The molecule has 1 aromatic heterocycles. The third-order valence-electron chi connectivity index (χ3n) is 7.31. The highest BCUT2D eigenvalue weighted by molar-refractivity contribution is 6.30. The Morgan fingerprint density at radius 2 is 2.14 bits per heavy atom. The summed E-state index contributed by atoms with van der Waals surface area (Å²) in [6.45, 7) is 2.14. The van der Waals surface area contributed by atoms with Gasteiger partial charge in [-0.2, -0.15) is 5.26 Å². The minimum atomic E-state index is -3.11. The van der Waals surface area contributed by atoms with E-state index in [2.05, 4.69) is 20.9 Å². The number of hydrogen-bond acceptors (Lipinski definition) is 6. The molecule has 1 saturated carbocycles. The van der Waals surface area contributed by atoms with Crippen LogP contribution in [0, 0.1) is 23.2 Å². The maximum Gasteiger partial charge on any atom is 0.255 e. The van der Waals surface area contributed by atoms with Crippen LogP contribution in [0.25, 0.3) is 0 Å². The van der Waals surface area contributed by atoms with Crippen molar-refractivity contribution >= 4 is 35.0 Å². The number of piperidine rings is 3. The molecular formula is C24H29ClF2N6O3. The number of anilines is 1. The van der Waals surface area contributed by atoms with Crippen LogP contribution in [0.1, 0.15) is 45.4 Å². The van der Waals surface area contributed by atoms with E-state index < -0.39 is 60.2 Å². The van der Waals surface area contributed by atoms with Crippen LogP contribution in [0.4, 0.5) is 14.5 Å². The number of nitrogens with one attached hydrogen (secondary N) is 3. The fourth-order valence-corrected chi connectivity index (χ4v) is 5.77. The van der Waals surface area contributed by atoms with Gasteiger partial charge in [0.1, 0.15) is 18.1 Å². The lowest BCUT2D eigenvalue weighted by Crippen LogP contribution is -2.70. The van der Waals surface area contributed by atoms with Gasteiger partial charge in [0.25, 0.3) is 5.92 Å². The van der Waals surface area contributed by atoms with Gasteiger partial charge < -0.3 is 20.9 Å². The van der Waals surface area contributed by atoms with E-state index in [9.17, 15) is 28.4 Å². The molecule has 6 atom stereocenters. The lowest BCUT2D eigenvalue weighted by atomic mass is 9.71. The van der Waals surface area contributed by atoms with Gasteiger partial charge in [-0.15, -0.1) is 0 Å². The number of pyridine rings is 1. The highest BCUT2D eigenvalue weighted by Crippen LogP contribution is 2.49. The van der Waals surface area contributed by atoms with Crippen molar-refractivity contribution < 1.29 is 23.2 Å². The van der Waals surface area contributed by atoms with Crippen molar-refractivity contribution in [3.05, 3.63) is 23.5 Å². The highest BCUT2D eigenvalue weighted by Gasteiger charge is 2.60. The molecule has 12 heteroatoms. The van der Waals surface area contributed by atoms with Crippen LogP contribution in [0.5, 0.6) is 0 Å². The number of amides is 3. The first-order valence-corrected chi connectivity index (χ1v) is 12.5. The molecule has 0 radical (unpaired) electrons. The van der Waals surface area contributed by atoms with Gasteiger partial charge >= 0.3 is 0 Å². The monoisotopic (exact) mass is 522 g/mol. The summed E-state index contributed by atoms with van der Waals surface area (Å²) in [5.41, 5.74) is 0.479. The Hall–Kier alpha value is -3.00. The van der Waals surface area contributed by atoms with Crippen molar-refractivity contribution in [1.29, 1.82) is 5.26 Å². The summed E-state index contributed by atoms with van der Waals surface area (Å²) in [7, 11) is 0. The fraction of sp³-hybridized carbons (Fsp3) is 0.625. The number of hydrogen-bond donors (Lipinski definition) is 3. The van der Waals surface area contributed by atoms with Gasteiger partial charge in [-0.1, -0.05) is 11.6 Å². The standard InChI is InChI=1S/C24H29ClF2N6O3/c1-13(31-17-8-15(25)11-29-12-17)23(36)33-18-4-5-19(24(26,27)9-18)20(33)22(35)32-16(10-28)7-14-3-2-6-30-21(14)34/h8,11-14,16,18-20,31H,2-7,9H2,1H3,(H,30,34)(H,32,35)/t13-,14+,16+,18+,19+,20+/m0/s1. The molecule has 3 N–H and O–H groups in total. The Kier molecular flexibility index (Phi) is 7.64. The summed E-state index contributed by atoms with van der Waals surface area (Å²) in [6, 6.07) is -0.547. The molecule has 2 bridgehead atoms. The Morgan fingerprint density at radius 1 is 1.36 bits per heavy atom. The predicted octanol–water partition coefficient (Wildman–Crippen LogP) is 2.47. The zero-order valence-electron chi connectivity index (χ0n) is 19.8. The summed E-state index contributed by atoms with van der Waals surface area (Å²) in [4.78, 5) is 44.2. The van der Waals surface area contributed by atoms with Crippen molar-refractivity contribution in [3.8, 4) is 6.07 Å². The van der Waals surface area contributed by atoms with E-state index in [0.717, 1.165) is 6.42 Å². The first-order chi connectivity index (χ1) is 17.1. The third kappa shape index (κ3) is 5.38. The number of rotatable bonds is 7. The molecule has 0 aromatic carbocycles. The molecular weight excluding hydrogens is 494 g/mol. The maximum absolute atomic E-state index is 14.9. The van der Waals surface area contributed by atoms with E-state index in [0.29, 0.717) is 30.1 Å². The van der Waals surface area contributed by atoms with E-state index in [1.165, 1.54) is 17.3 Å². The molecule has 3 saturated heterocycles. The number of halogens is 3. The van der Waals surface area contributed by atoms with Crippen molar-refractivity contribution in [1.82, 2.24) is 20.5 Å². The smallest absolute Gasteiger partial charge is 0.255 e. The maximum atomic E-state index is 14.9. The number of alkyl halides is 2. The summed E-state index contributed by atoms with van der Waals surface area (Å²) in [5.74, 6) is -6.39. The third-order valence-corrected chi connectivity index (χ3v) is 7.52. The van der Waals surface area contributed by atoms with Gasteiger partial charge in [-0.05, 0) is 45.1 Å². The second-order valence-electron chi connectivity index (χ2n) is 9.81. The molecule has 4 heterocycles. The van der Waals surface area contributed by atoms with Crippen LogP contribution in [0.3, 0.4) is 0 Å². The SMILES string of the molecule is C[C@H](Nc1cncc(Cl)c1)C(=O)N1[C@@H]2CC[C@H]([C@@H]1C(=O)N[C@@H](C#N)C[C@H]1CCCNC1=O)C(F)(F)C2. The second kappa shape index (κ2) is 10.5. The number of nitriles is 1. The Bertz CT molecular complexity index is 1070. The lowest BCUT2D eigenvalue weighted by Gasteiger charge is -2.54. The Balaban J connectivity index is 1.52. The molecule has 1 aliphatic carbocycles. The van der Waals surface area contributed by atoms with Gasteiger partial charge in [-0.3, -0.25) is 19.4 Å². The molecule has 36 heavy (non-hydrogen) atoms. The average molecular weight is 523 g/mol. The molecule has 194 valence electrons. The summed E-state index contributed by atoms with van der Waals surface area (Å²) >= 11 is 5.96. The zero-order valence-corrected chi connectivity index (χ0v) is 20.6. The first kappa shape index (κ1) is 26.1. The minimum absolute atomic E-state index is 0.0823. The van der Waals surface area contributed by atoms with E-state index in [4.69, 9.17) is 11.6 Å².